The third-order valence-corrected chi connectivity index (χ3v) is 8.21. The average molecular weight is 407 g/mol. The van der Waals surface area contributed by atoms with Crippen molar-refractivity contribution in [2.24, 2.45) is 5.41 Å². The molecule has 2 aliphatic rings. The fourth-order valence-electron chi connectivity index (χ4n) is 4.09. The molecule has 1 aliphatic heterocycles. The van der Waals surface area contributed by atoms with Gasteiger partial charge in [0.25, 0.3) is 0 Å². The van der Waals surface area contributed by atoms with E-state index in [0.29, 0.717) is 0 Å². The molecule has 1 heterocycles. The molecule has 2 rings (SSSR count). The maximum atomic E-state index is 12.9. The molecule has 4 nitrogen and oxygen atoms in total. The second-order valence-corrected chi connectivity index (χ2v) is 11.0. The van der Waals surface area contributed by atoms with Gasteiger partial charge in [-0.05, 0) is 51.0 Å². The highest BCUT2D eigenvalue weighted by molar-refractivity contribution is 7.93. The van der Waals surface area contributed by atoms with Gasteiger partial charge in [-0.2, -0.15) is 0 Å². The lowest BCUT2D eigenvalue weighted by Gasteiger charge is -2.33. The maximum Gasteiger partial charge on any atom is 0.305 e. The number of ether oxygens (including phenoxy) is 1. The first kappa shape index (κ1) is 22.7. The lowest BCUT2D eigenvalue weighted by molar-refractivity contribution is -0.143. The zero-order chi connectivity index (χ0) is 21.1. The third-order valence-electron chi connectivity index (χ3n) is 5.88. The number of hydrogen-bond donors (Lipinski definition) is 0. The van der Waals surface area contributed by atoms with Crippen molar-refractivity contribution in [3.05, 3.63) is 46.6 Å². The molecular weight excluding hydrogens is 372 g/mol. The van der Waals surface area contributed by atoms with Crippen LogP contribution in [-0.2, 0) is 19.4 Å². The van der Waals surface area contributed by atoms with Gasteiger partial charge < -0.3 is 4.74 Å². The van der Waals surface area contributed by atoms with E-state index in [1.807, 2.05) is 13.0 Å². The second kappa shape index (κ2) is 8.81. The molecular formula is C23H34O4S. The van der Waals surface area contributed by atoms with Crippen LogP contribution in [0.5, 0.6) is 0 Å². The van der Waals surface area contributed by atoms with Gasteiger partial charge in [0, 0.05) is 6.42 Å². The molecule has 0 aromatic heterocycles. The van der Waals surface area contributed by atoms with E-state index >= 15 is 0 Å². The molecule has 2 atom stereocenters. The lowest BCUT2D eigenvalue weighted by Crippen LogP contribution is -2.29. The van der Waals surface area contributed by atoms with Crippen LogP contribution in [-0.4, -0.2) is 31.5 Å². The van der Waals surface area contributed by atoms with E-state index < -0.39 is 20.3 Å². The van der Waals surface area contributed by atoms with Gasteiger partial charge in [0.05, 0.1) is 5.25 Å². The Morgan fingerprint density at radius 1 is 1.32 bits per heavy atom. The molecule has 0 amide bonds. The summed E-state index contributed by atoms with van der Waals surface area (Å²) in [5.41, 5.74) is 4.60. The molecule has 0 spiro atoms. The summed E-state index contributed by atoms with van der Waals surface area (Å²) in [5, 5.41) is -1.42. The highest BCUT2D eigenvalue weighted by Crippen LogP contribution is 2.40. The summed E-state index contributed by atoms with van der Waals surface area (Å²) < 4.78 is 30.9. The fraction of sp³-hybridized carbons (Fsp3) is 0.609. The van der Waals surface area contributed by atoms with Gasteiger partial charge in [-0.15, -0.1) is 0 Å². The lowest BCUT2D eigenvalue weighted by atomic mass is 9.72. The molecule has 28 heavy (non-hydrogen) atoms. The van der Waals surface area contributed by atoms with Gasteiger partial charge >= 0.3 is 5.97 Å². The minimum Gasteiger partial charge on any atom is -0.464 e. The number of hydrogen-bond acceptors (Lipinski definition) is 4. The first-order valence-corrected chi connectivity index (χ1v) is 11.7. The summed E-state index contributed by atoms with van der Waals surface area (Å²) in [6, 6.07) is 0. The van der Waals surface area contributed by atoms with Gasteiger partial charge in [0.2, 0.25) is 0 Å². The van der Waals surface area contributed by atoms with Gasteiger partial charge in [-0.3, -0.25) is 4.79 Å². The first-order valence-electron chi connectivity index (χ1n) is 10.1. The molecule has 0 fully saturated rings. The predicted octanol–water partition coefficient (Wildman–Crippen LogP) is 5.08. The van der Waals surface area contributed by atoms with E-state index in [2.05, 4.69) is 26.8 Å². The Bertz CT molecular complexity index is 838. The summed E-state index contributed by atoms with van der Waals surface area (Å²) in [5.74, 6) is -0.375. The Labute approximate surface area is 170 Å². The normalized spacial score (nSPS) is 27.2. The van der Waals surface area contributed by atoms with E-state index in [0.717, 1.165) is 17.6 Å². The monoisotopic (exact) mass is 406 g/mol. The molecule has 0 aromatic rings. The maximum absolute atomic E-state index is 12.9. The number of sulfone groups is 1. The molecule has 0 saturated carbocycles. The van der Waals surface area contributed by atoms with Crippen LogP contribution in [0.25, 0.3) is 0 Å². The van der Waals surface area contributed by atoms with Gasteiger partial charge in [0.1, 0.15) is 11.9 Å². The van der Waals surface area contributed by atoms with Crippen LogP contribution in [0.1, 0.15) is 67.2 Å². The van der Waals surface area contributed by atoms with Crippen molar-refractivity contribution in [3.8, 4) is 0 Å². The first-order chi connectivity index (χ1) is 13.0. The summed E-state index contributed by atoms with van der Waals surface area (Å²) in [7, 11) is -3.44. The van der Waals surface area contributed by atoms with E-state index in [1.165, 1.54) is 24.0 Å². The van der Waals surface area contributed by atoms with E-state index in [4.69, 9.17) is 4.74 Å². The minimum atomic E-state index is -3.44. The Morgan fingerprint density at radius 2 is 2.00 bits per heavy atom. The van der Waals surface area contributed by atoms with Crippen molar-refractivity contribution in [1.82, 2.24) is 0 Å². The number of carbonyl (C=O) groups excluding carboxylic acids is 1. The standard InChI is InChI=1S/C23H34O4S/c1-7-22(24)27-15-21-18(4)14-19(28(21,25)26)13-16(2)10-11-20-17(3)9-8-12-23(20,5)6/h10-11,13-14,19,21H,7-9,12,15H2,1-6H3/b11-10+,16-13+. The molecule has 0 radical (unpaired) electrons. The molecule has 0 bridgehead atoms. The summed E-state index contributed by atoms with van der Waals surface area (Å²) in [6.07, 6.45) is 11.5. The largest absolute Gasteiger partial charge is 0.464 e. The van der Waals surface area contributed by atoms with Crippen LogP contribution in [0.2, 0.25) is 0 Å². The van der Waals surface area contributed by atoms with Crippen LogP contribution in [0.4, 0.5) is 0 Å². The van der Waals surface area contributed by atoms with E-state index in [9.17, 15) is 13.2 Å². The Balaban J connectivity index is 2.17. The molecule has 5 heteroatoms. The Morgan fingerprint density at radius 3 is 2.61 bits per heavy atom. The van der Waals surface area contributed by atoms with Gasteiger partial charge in [0.15, 0.2) is 9.84 Å². The van der Waals surface area contributed by atoms with Crippen LogP contribution in [0, 0.1) is 5.41 Å². The predicted molar refractivity (Wildman–Crippen MR) is 115 cm³/mol. The average Bonchev–Trinajstić information content (AvgIpc) is 2.80. The van der Waals surface area contributed by atoms with E-state index in [1.54, 1.807) is 26.0 Å². The smallest absolute Gasteiger partial charge is 0.305 e. The SMILES string of the molecule is CCC(=O)OCC1C(C)=CC(/C=C(C)/C=C/C2=C(C)CCCC2(C)C)S1(=O)=O. The zero-order valence-electron chi connectivity index (χ0n) is 18.0. The van der Waals surface area contributed by atoms with Crippen molar-refractivity contribution in [1.29, 1.82) is 0 Å². The van der Waals surface area contributed by atoms with Gasteiger partial charge in [-0.25, -0.2) is 8.42 Å². The number of esters is 1. The van der Waals surface area contributed by atoms with Gasteiger partial charge in [-0.1, -0.05) is 61.8 Å². The van der Waals surface area contributed by atoms with Crippen molar-refractivity contribution in [2.45, 2.75) is 77.7 Å². The molecule has 1 aliphatic carbocycles. The van der Waals surface area contributed by atoms with E-state index in [-0.39, 0.29) is 24.4 Å². The zero-order valence-corrected chi connectivity index (χ0v) is 18.9. The molecule has 2 unspecified atom stereocenters. The summed E-state index contributed by atoms with van der Waals surface area (Å²) in [4.78, 5) is 11.4. The quantitative estimate of drug-likeness (QED) is 0.351. The van der Waals surface area contributed by atoms with Crippen molar-refractivity contribution in [2.75, 3.05) is 6.61 Å². The Hall–Kier alpha value is -1.62. The number of rotatable bonds is 6. The summed E-state index contributed by atoms with van der Waals surface area (Å²) >= 11 is 0. The highest BCUT2D eigenvalue weighted by atomic mass is 32.2. The summed E-state index contributed by atoms with van der Waals surface area (Å²) in [6.45, 7) is 12.0. The number of allylic oxidation sites excluding steroid dienone is 5. The van der Waals surface area contributed by atoms with Crippen molar-refractivity contribution < 1.29 is 17.9 Å². The molecule has 156 valence electrons. The fourth-order valence-corrected chi connectivity index (χ4v) is 6.13. The molecule has 0 aromatic carbocycles. The van der Waals surface area contributed by atoms with Crippen molar-refractivity contribution in [3.63, 3.8) is 0 Å². The highest BCUT2D eigenvalue weighted by Gasteiger charge is 2.39. The van der Waals surface area contributed by atoms with Crippen LogP contribution in [0.15, 0.2) is 46.6 Å². The number of carbonyl (C=O) groups is 1. The third kappa shape index (κ3) is 5.05. The Kier molecular flexibility index (Phi) is 7.13. The molecule has 0 saturated heterocycles. The molecule has 0 N–H and O–H groups in total. The van der Waals surface area contributed by atoms with Crippen LogP contribution < -0.4 is 0 Å². The van der Waals surface area contributed by atoms with Crippen LogP contribution in [0.3, 0.4) is 0 Å². The minimum absolute atomic E-state index is 0.100. The second-order valence-electron chi connectivity index (χ2n) is 8.66. The topological polar surface area (TPSA) is 60.4 Å². The van der Waals surface area contributed by atoms with Crippen LogP contribution >= 0.6 is 0 Å². The van der Waals surface area contributed by atoms with Crippen molar-refractivity contribution >= 4 is 15.8 Å².